The lowest BCUT2D eigenvalue weighted by atomic mass is 10.1. The number of aryl methyl sites for hydroxylation is 1. The highest BCUT2D eigenvalue weighted by Crippen LogP contribution is 2.24. The Bertz CT molecular complexity index is 667. The molecule has 1 aromatic rings. The number of hydrogen-bond acceptors (Lipinski definition) is 4. The van der Waals surface area contributed by atoms with Crippen LogP contribution in [-0.4, -0.2) is 50.1 Å². The van der Waals surface area contributed by atoms with E-state index in [1.165, 1.54) is 14.0 Å². The highest BCUT2D eigenvalue weighted by atomic mass is 32.2. The number of nitrogens with zero attached hydrogens (tertiary/aromatic N) is 1. The summed E-state index contributed by atoms with van der Waals surface area (Å²) in [5.74, 6) is -2.42. The number of sulfonamides is 1. The second-order valence-corrected chi connectivity index (χ2v) is 6.94. The molecule has 8 heteroatoms. The predicted octanol–water partition coefficient (Wildman–Crippen LogP) is 1.24. The summed E-state index contributed by atoms with van der Waals surface area (Å²) in [5, 5.41) is 8.96. The Morgan fingerprint density at radius 3 is 2.67 bits per heavy atom. The molecule has 0 bridgehead atoms. The zero-order chi connectivity index (χ0) is 15.8. The Kier molecular flexibility index (Phi) is 4.31. The van der Waals surface area contributed by atoms with E-state index in [1.807, 2.05) is 0 Å². The molecule has 1 saturated heterocycles. The van der Waals surface area contributed by atoms with Gasteiger partial charge in [0, 0.05) is 13.7 Å². The zero-order valence-electron chi connectivity index (χ0n) is 11.7. The van der Waals surface area contributed by atoms with Crippen LogP contribution in [0, 0.1) is 12.7 Å². The normalized spacial score (nSPS) is 19.1. The third-order valence-corrected chi connectivity index (χ3v) is 5.44. The molecule has 21 heavy (non-hydrogen) atoms. The lowest BCUT2D eigenvalue weighted by Crippen LogP contribution is -2.37. The Morgan fingerprint density at radius 2 is 2.14 bits per heavy atom. The van der Waals surface area contributed by atoms with Crippen LogP contribution in [0.25, 0.3) is 0 Å². The Hall–Kier alpha value is -1.51. The monoisotopic (exact) mass is 317 g/mol. The van der Waals surface area contributed by atoms with Crippen LogP contribution in [0.4, 0.5) is 4.39 Å². The lowest BCUT2D eigenvalue weighted by molar-refractivity contribution is 0.0691. The maximum absolute atomic E-state index is 13.7. The van der Waals surface area contributed by atoms with E-state index in [2.05, 4.69) is 0 Å². The van der Waals surface area contributed by atoms with Gasteiger partial charge in [-0.05, 0) is 31.0 Å². The van der Waals surface area contributed by atoms with Gasteiger partial charge in [0.2, 0.25) is 10.0 Å². The molecule has 1 heterocycles. The molecule has 0 radical (unpaired) electrons. The standard InChI is InChI=1S/C13H16FNO5S/c1-8-5-10(6-11(12(8)14)13(16)17)21(18,19)15(2)9-3-4-20-7-9/h5-6,9H,3-4,7H2,1-2H3,(H,16,17). The van der Waals surface area contributed by atoms with Crippen LogP contribution >= 0.6 is 0 Å². The summed E-state index contributed by atoms with van der Waals surface area (Å²) in [6.45, 7) is 2.11. The first kappa shape index (κ1) is 15.9. The quantitative estimate of drug-likeness (QED) is 0.903. The molecule has 1 atom stereocenters. The number of carboxylic acids is 1. The molecule has 0 saturated carbocycles. The molecule has 0 spiro atoms. The number of hydrogen-bond donors (Lipinski definition) is 1. The van der Waals surface area contributed by atoms with Gasteiger partial charge in [-0.15, -0.1) is 0 Å². The highest BCUT2D eigenvalue weighted by Gasteiger charge is 2.32. The van der Waals surface area contributed by atoms with Crippen molar-refractivity contribution in [3.63, 3.8) is 0 Å². The summed E-state index contributed by atoms with van der Waals surface area (Å²) in [4.78, 5) is 10.8. The molecule has 6 nitrogen and oxygen atoms in total. The minimum atomic E-state index is -3.89. The van der Waals surface area contributed by atoms with Gasteiger partial charge in [-0.2, -0.15) is 4.31 Å². The van der Waals surface area contributed by atoms with Crippen molar-refractivity contribution in [2.24, 2.45) is 0 Å². The summed E-state index contributed by atoms with van der Waals surface area (Å²) < 4.78 is 45.0. The predicted molar refractivity (Wildman–Crippen MR) is 72.3 cm³/mol. The third kappa shape index (κ3) is 2.92. The van der Waals surface area contributed by atoms with Crippen LogP contribution < -0.4 is 0 Å². The molecule has 0 aliphatic carbocycles. The summed E-state index contributed by atoms with van der Waals surface area (Å²) in [7, 11) is -2.48. The maximum atomic E-state index is 13.7. The first-order valence-electron chi connectivity index (χ1n) is 6.34. The zero-order valence-corrected chi connectivity index (χ0v) is 12.5. The van der Waals surface area contributed by atoms with Gasteiger partial charge in [0.1, 0.15) is 5.82 Å². The topological polar surface area (TPSA) is 83.9 Å². The van der Waals surface area contributed by atoms with Crippen molar-refractivity contribution < 1.29 is 27.4 Å². The van der Waals surface area contributed by atoms with E-state index in [1.54, 1.807) is 0 Å². The van der Waals surface area contributed by atoms with Crippen molar-refractivity contribution in [2.45, 2.75) is 24.3 Å². The highest BCUT2D eigenvalue weighted by molar-refractivity contribution is 7.89. The van der Waals surface area contributed by atoms with E-state index in [0.717, 1.165) is 16.4 Å². The molecule has 1 N–H and O–H groups in total. The van der Waals surface area contributed by atoms with Gasteiger partial charge in [0.05, 0.1) is 23.1 Å². The van der Waals surface area contributed by atoms with Gasteiger partial charge in [0.15, 0.2) is 0 Å². The molecule has 1 aliphatic heterocycles. The first-order chi connectivity index (χ1) is 9.75. The Morgan fingerprint density at radius 1 is 1.48 bits per heavy atom. The number of carbonyl (C=O) groups is 1. The first-order valence-corrected chi connectivity index (χ1v) is 7.78. The van der Waals surface area contributed by atoms with Crippen LogP contribution in [0.15, 0.2) is 17.0 Å². The molecule has 0 aromatic heterocycles. The second-order valence-electron chi connectivity index (χ2n) is 4.95. The van der Waals surface area contributed by atoms with E-state index in [4.69, 9.17) is 9.84 Å². The number of halogens is 1. The van der Waals surface area contributed by atoms with E-state index < -0.39 is 27.4 Å². The lowest BCUT2D eigenvalue weighted by Gasteiger charge is -2.23. The minimum absolute atomic E-state index is 0.0236. The molecule has 116 valence electrons. The fourth-order valence-corrected chi connectivity index (χ4v) is 3.70. The van der Waals surface area contributed by atoms with Gasteiger partial charge in [-0.3, -0.25) is 0 Å². The Labute approximate surface area is 122 Å². The van der Waals surface area contributed by atoms with E-state index in [0.29, 0.717) is 19.6 Å². The molecule has 2 rings (SSSR count). The number of aromatic carboxylic acids is 1. The minimum Gasteiger partial charge on any atom is -0.478 e. The van der Waals surface area contributed by atoms with Crippen LogP contribution in [0.2, 0.25) is 0 Å². The van der Waals surface area contributed by atoms with Crippen molar-refractivity contribution in [2.75, 3.05) is 20.3 Å². The van der Waals surface area contributed by atoms with E-state index in [9.17, 15) is 17.6 Å². The summed E-state index contributed by atoms with van der Waals surface area (Å²) in [6, 6.07) is 1.70. The summed E-state index contributed by atoms with van der Waals surface area (Å²) in [5.41, 5.74) is -0.672. The average Bonchev–Trinajstić information content (AvgIpc) is 2.94. The van der Waals surface area contributed by atoms with Crippen molar-refractivity contribution in [3.8, 4) is 0 Å². The Balaban J connectivity index is 2.47. The van der Waals surface area contributed by atoms with Crippen molar-refractivity contribution in [3.05, 3.63) is 29.1 Å². The average molecular weight is 317 g/mol. The van der Waals surface area contributed by atoms with Crippen LogP contribution in [0.3, 0.4) is 0 Å². The summed E-state index contributed by atoms with van der Waals surface area (Å²) >= 11 is 0. The van der Waals surface area contributed by atoms with Gasteiger partial charge < -0.3 is 9.84 Å². The SMILES string of the molecule is Cc1cc(S(=O)(=O)N(C)C2CCOC2)cc(C(=O)O)c1F. The van der Waals surface area contributed by atoms with E-state index >= 15 is 0 Å². The van der Waals surface area contributed by atoms with Crippen molar-refractivity contribution >= 4 is 16.0 Å². The maximum Gasteiger partial charge on any atom is 0.338 e. The van der Waals surface area contributed by atoms with Crippen LogP contribution in [-0.2, 0) is 14.8 Å². The second kappa shape index (κ2) is 5.70. The largest absolute Gasteiger partial charge is 0.478 e. The van der Waals surface area contributed by atoms with Gasteiger partial charge in [-0.25, -0.2) is 17.6 Å². The number of carboxylic acid groups (broad SMARTS) is 1. The van der Waals surface area contributed by atoms with Gasteiger partial charge >= 0.3 is 5.97 Å². The van der Waals surface area contributed by atoms with Gasteiger partial charge in [0.25, 0.3) is 0 Å². The number of rotatable bonds is 4. The molecule has 1 fully saturated rings. The van der Waals surface area contributed by atoms with Crippen LogP contribution in [0.1, 0.15) is 22.3 Å². The van der Waals surface area contributed by atoms with Crippen molar-refractivity contribution in [1.82, 2.24) is 4.31 Å². The summed E-state index contributed by atoms with van der Waals surface area (Å²) in [6.07, 6.45) is 0.571. The fourth-order valence-electron chi connectivity index (χ4n) is 2.21. The molecule has 0 amide bonds. The van der Waals surface area contributed by atoms with E-state index in [-0.39, 0.29) is 16.5 Å². The molecule has 1 unspecified atom stereocenters. The number of likely N-dealkylation sites (N-methyl/N-ethyl adjacent to an activating group) is 1. The number of ether oxygens (including phenoxy) is 1. The number of benzene rings is 1. The fraction of sp³-hybridized carbons (Fsp3) is 0.462. The molecule has 1 aromatic carbocycles. The van der Waals surface area contributed by atoms with Gasteiger partial charge in [-0.1, -0.05) is 0 Å². The molecular weight excluding hydrogens is 301 g/mol. The van der Waals surface area contributed by atoms with Crippen molar-refractivity contribution in [1.29, 1.82) is 0 Å². The smallest absolute Gasteiger partial charge is 0.338 e. The third-order valence-electron chi connectivity index (χ3n) is 3.56. The molecule has 1 aliphatic rings. The van der Waals surface area contributed by atoms with Crippen LogP contribution in [0.5, 0.6) is 0 Å². The molecular formula is C13H16FNO5S.